The van der Waals surface area contributed by atoms with Crippen LogP contribution in [0.3, 0.4) is 0 Å². The topological polar surface area (TPSA) is 159 Å². The number of pyridine rings is 2. The number of halogens is 6. The number of thiazole rings is 1. The number of alkyl halides is 6. The van der Waals surface area contributed by atoms with Crippen molar-refractivity contribution in [2.24, 2.45) is 0 Å². The van der Waals surface area contributed by atoms with E-state index in [0.29, 0.717) is 24.6 Å². The Kier molecular flexibility index (Phi) is 11.8. The summed E-state index contributed by atoms with van der Waals surface area (Å²) in [6.07, 6.45) is -4.71. The zero-order valence-electron chi connectivity index (χ0n) is 23.1. The molecule has 0 bridgehead atoms. The first-order chi connectivity index (χ1) is 21.7. The molecule has 0 radical (unpaired) electrons. The molecule has 4 aromatic heterocycles. The predicted octanol–water partition coefficient (Wildman–Crippen LogP) is 5.66. The van der Waals surface area contributed by atoms with E-state index in [2.05, 4.69) is 25.6 Å². The number of anilines is 1. The number of aliphatic carboxylic acids is 2. The van der Waals surface area contributed by atoms with Crippen LogP contribution in [0.4, 0.5) is 31.5 Å². The number of carbonyl (C=O) groups excluding carboxylic acids is 1. The Bertz CT molecular complexity index is 1740. The highest BCUT2D eigenvalue weighted by atomic mass is 32.1. The molecule has 4 N–H and O–H groups in total. The number of imidazole rings is 1. The summed E-state index contributed by atoms with van der Waals surface area (Å²) in [6, 6.07) is 21.4. The largest absolute Gasteiger partial charge is 0.490 e. The Labute approximate surface area is 259 Å². The molecule has 0 aliphatic heterocycles. The van der Waals surface area contributed by atoms with Crippen molar-refractivity contribution < 1.29 is 50.9 Å². The van der Waals surface area contributed by atoms with E-state index < -0.39 is 24.3 Å². The van der Waals surface area contributed by atoms with Crippen molar-refractivity contribution in [2.45, 2.75) is 25.4 Å². The first-order valence-electron chi connectivity index (χ1n) is 12.7. The zero-order valence-corrected chi connectivity index (χ0v) is 23.9. The van der Waals surface area contributed by atoms with E-state index in [1.165, 1.54) is 11.3 Å². The fourth-order valence-corrected chi connectivity index (χ4v) is 4.17. The maximum Gasteiger partial charge on any atom is 0.490 e. The third-order valence-corrected chi connectivity index (χ3v) is 6.37. The number of benzene rings is 1. The van der Waals surface area contributed by atoms with Crippen molar-refractivity contribution in [1.29, 1.82) is 0 Å². The number of aromatic nitrogens is 4. The van der Waals surface area contributed by atoms with Crippen LogP contribution >= 0.6 is 11.3 Å². The minimum Gasteiger partial charge on any atom is -0.475 e. The quantitative estimate of drug-likeness (QED) is 0.161. The van der Waals surface area contributed by atoms with E-state index in [1.807, 2.05) is 77.3 Å². The lowest BCUT2D eigenvalue weighted by molar-refractivity contribution is -0.193. The molecule has 0 saturated heterocycles. The van der Waals surface area contributed by atoms with E-state index in [0.717, 1.165) is 26.8 Å². The number of rotatable bonds is 7. The molecule has 46 heavy (non-hydrogen) atoms. The van der Waals surface area contributed by atoms with E-state index in [4.69, 9.17) is 19.8 Å². The Balaban J connectivity index is 0.000000345. The molecule has 5 rings (SSSR count). The van der Waals surface area contributed by atoms with Gasteiger partial charge >= 0.3 is 24.3 Å². The lowest BCUT2D eigenvalue weighted by atomic mass is 10.2. The monoisotopic (exact) mass is 668 g/mol. The standard InChI is InChI=1S/C24H20N6OS.2C2HF3O2/c31-23(26-14-17-8-2-1-3-9-17)21-19-11-5-7-13-30(19)22(29-21)20-16-28-24(32-20)27-15-18-10-4-6-12-25-18;2*3-2(4,5)1(6)7/h1-13,16H,14-15H2,(H,26,31)(H,27,28);2*(H,6,7). The molecular formula is C28H22F6N6O5S. The lowest BCUT2D eigenvalue weighted by Crippen LogP contribution is -2.23. The number of nitrogens with one attached hydrogen (secondary N) is 2. The summed E-state index contributed by atoms with van der Waals surface area (Å²) in [7, 11) is 0. The minimum atomic E-state index is -5.08. The molecule has 0 atom stereocenters. The first kappa shape index (κ1) is 35.0. The number of hydrogen-bond donors (Lipinski definition) is 4. The third kappa shape index (κ3) is 10.3. The number of carbonyl (C=O) groups is 3. The van der Waals surface area contributed by atoms with Gasteiger partial charge in [-0.05, 0) is 29.8 Å². The van der Waals surface area contributed by atoms with Gasteiger partial charge in [0.05, 0.1) is 28.8 Å². The number of carboxylic acids is 2. The molecule has 0 saturated carbocycles. The number of fused-ring (bicyclic) bond motifs is 1. The van der Waals surface area contributed by atoms with Gasteiger partial charge < -0.3 is 20.8 Å². The number of nitrogens with zero attached hydrogens (tertiary/aromatic N) is 4. The Hall–Kier alpha value is -5.52. The van der Waals surface area contributed by atoms with Gasteiger partial charge in [-0.3, -0.25) is 14.2 Å². The zero-order chi connectivity index (χ0) is 33.9. The molecule has 0 spiro atoms. The summed E-state index contributed by atoms with van der Waals surface area (Å²) in [4.78, 5) is 45.1. The van der Waals surface area contributed by atoms with Crippen molar-refractivity contribution in [3.05, 3.63) is 102 Å². The summed E-state index contributed by atoms with van der Waals surface area (Å²) in [5.74, 6) is -5.03. The van der Waals surface area contributed by atoms with Gasteiger partial charge in [0.1, 0.15) is 0 Å². The normalized spacial score (nSPS) is 11.0. The highest BCUT2D eigenvalue weighted by Crippen LogP contribution is 2.30. The highest BCUT2D eigenvalue weighted by molar-refractivity contribution is 7.18. The van der Waals surface area contributed by atoms with Gasteiger partial charge in [0, 0.05) is 18.9 Å². The molecule has 5 aromatic rings. The molecule has 0 aliphatic carbocycles. The summed E-state index contributed by atoms with van der Waals surface area (Å²) in [5, 5.41) is 21.3. The van der Waals surface area contributed by atoms with Crippen molar-refractivity contribution in [1.82, 2.24) is 24.7 Å². The summed E-state index contributed by atoms with van der Waals surface area (Å²) >= 11 is 1.49. The molecule has 0 aliphatic rings. The second-order valence-corrected chi connectivity index (χ2v) is 9.75. The molecule has 4 heterocycles. The van der Waals surface area contributed by atoms with Gasteiger partial charge in [0.25, 0.3) is 5.91 Å². The fourth-order valence-electron chi connectivity index (χ4n) is 3.37. The second kappa shape index (κ2) is 15.5. The molecule has 18 heteroatoms. The van der Waals surface area contributed by atoms with Crippen LogP contribution in [0, 0.1) is 0 Å². The third-order valence-electron chi connectivity index (χ3n) is 5.42. The van der Waals surface area contributed by atoms with E-state index in [1.54, 1.807) is 12.4 Å². The van der Waals surface area contributed by atoms with Crippen LogP contribution in [0.15, 0.2) is 85.3 Å². The molecule has 1 amide bonds. The Morgan fingerprint density at radius 1 is 0.804 bits per heavy atom. The van der Waals surface area contributed by atoms with E-state index >= 15 is 0 Å². The van der Waals surface area contributed by atoms with Crippen molar-refractivity contribution in [2.75, 3.05) is 5.32 Å². The van der Waals surface area contributed by atoms with Crippen LogP contribution in [0.5, 0.6) is 0 Å². The minimum absolute atomic E-state index is 0.207. The highest BCUT2D eigenvalue weighted by Gasteiger charge is 2.38. The SMILES string of the molecule is O=C(NCc1ccccc1)c1nc(-c2cnc(NCc3ccccn3)s2)n2ccccc12.O=C(O)C(F)(F)F.O=C(O)C(F)(F)F. The second-order valence-electron chi connectivity index (χ2n) is 8.72. The maximum atomic E-state index is 12.9. The average Bonchev–Trinajstić information content (AvgIpc) is 3.65. The summed E-state index contributed by atoms with van der Waals surface area (Å²) in [6.45, 7) is 1.03. The maximum absolute atomic E-state index is 12.9. The first-order valence-corrected chi connectivity index (χ1v) is 13.5. The van der Waals surface area contributed by atoms with Crippen molar-refractivity contribution in [3.8, 4) is 10.7 Å². The predicted molar refractivity (Wildman–Crippen MR) is 153 cm³/mol. The van der Waals surface area contributed by atoms with Gasteiger partial charge in [-0.2, -0.15) is 26.3 Å². The number of carboxylic acid groups (broad SMARTS) is 2. The number of hydrogen-bond acceptors (Lipinski definition) is 8. The Morgan fingerprint density at radius 3 is 2.00 bits per heavy atom. The number of amides is 1. The lowest BCUT2D eigenvalue weighted by Gasteiger charge is -2.03. The molecule has 242 valence electrons. The van der Waals surface area contributed by atoms with E-state index in [-0.39, 0.29) is 5.91 Å². The Morgan fingerprint density at radius 2 is 1.41 bits per heavy atom. The molecule has 0 fully saturated rings. The van der Waals surface area contributed by atoms with Gasteiger partial charge in [-0.1, -0.05) is 53.8 Å². The van der Waals surface area contributed by atoms with Crippen molar-refractivity contribution in [3.63, 3.8) is 0 Å². The van der Waals surface area contributed by atoms with Crippen LogP contribution in [0.1, 0.15) is 21.7 Å². The molecule has 11 nitrogen and oxygen atoms in total. The van der Waals surface area contributed by atoms with E-state index in [9.17, 15) is 31.1 Å². The summed E-state index contributed by atoms with van der Waals surface area (Å²) in [5.41, 5.74) is 3.13. The molecule has 0 unspecified atom stereocenters. The van der Waals surface area contributed by atoms with Gasteiger partial charge in [0.15, 0.2) is 16.6 Å². The molecular weight excluding hydrogens is 646 g/mol. The van der Waals surface area contributed by atoms with Crippen LogP contribution in [0.25, 0.3) is 16.2 Å². The average molecular weight is 669 g/mol. The smallest absolute Gasteiger partial charge is 0.475 e. The van der Waals surface area contributed by atoms with Crippen LogP contribution in [-0.4, -0.2) is 59.8 Å². The fraction of sp³-hybridized carbons (Fsp3) is 0.143. The van der Waals surface area contributed by atoms with Crippen LogP contribution in [-0.2, 0) is 22.7 Å². The van der Waals surface area contributed by atoms with Crippen molar-refractivity contribution >= 4 is 39.8 Å². The van der Waals surface area contributed by atoms with Gasteiger partial charge in [-0.25, -0.2) is 19.6 Å². The van der Waals surface area contributed by atoms with Crippen LogP contribution < -0.4 is 10.6 Å². The van der Waals surface area contributed by atoms with Gasteiger partial charge in [0.2, 0.25) is 0 Å². The molecule has 1 aromatic carbocycles. The van der Waals surface area contributed by atoms with Crippen LogP contribution in [0.2, 0.25) is 0 Å². The summed E-state index contributed by atoms with van der Waals surface area (Å²) < 4.78 is 65.4. The van der Waals surface area contributed by atoms with Gasteiger partial charge in [-0.15, -0.1) is 0 Å².